The van der Waals surface area contributed by atoms with E-state index in [2.05, 4.69) is 65.0 Å². The Kier molecular flexibility index (Phi) is 4.27. The minimum absolute atomic E-state index is 0.156. The maximum absolute atomic E-state index is 8.53. The van der Waals surface area contributed by atoms with Crippen molar-refractivity contribution in [3.05, 3.63) is 69.8 Å². The summed E-state index contributed by atoms with van der Waals surface area (Å²) >= 11 is 0. The van der Waals surface area contributed by atoms with Crippen molar-refractivity contribution in [1.82, 2.24) is 0 Å². The molecular formula is C22H30. The molecule has 2 aromatic carbocycles. The van der Waals surface area contributed by atoms with E-state index in [1.54, 1.807) is 0 Å². The summed E-state index contributed by atoms with van der Waals surface area (Å²) in [5, 5.41) is 0. The SMILES string of the molecule is [2H]C([2H])(CCc1ccc(C(C)(C)C)cc1)c1cc(C)c(C)cc1C. The van der Waals surface area contributed by atoms with Gasteiger partial charge in [0.05, 0.1) is 0 Å². The normalized spacial score (nSPS) is 13.7. The molecule has 0 aromatic heterocycles. The van der Waals surface area contributed by atoms with Crippen LogP contribution in [0.25, 0.3) is 0 Å². The largest absolute Gasteiger partial charge is 0.0588 e. The van der Waals surface area contributed by atoms with Crippen molar-refractivity contribution >= 4 is 0 Å². The highest BCUT2D eigenvalue weighted by atomic mass is 14.2. The molecule has 0 aliphatic rings. The minimum atomic E-state index is -1.30. The van der Waals surface area contributed by atoms with E-state index >= 15 is 0 Å². The van der Waals surface area contributed by atoms with Crippen molar-refractivity contribution < 1.29 is 2.74 Å². The molecule has 2 aromatic rings. The van der Waals surface area contributed by atoms with Gasteiger partial charge in [0.25, 0.3) is 0 Å². The second-order valence-electron chi connectivity index (χ2n) is 7.38. The van der Waals surface area contributed by atoms with Crippen LogP contribution in [-0.4, -0.2) is 0 Å². The Morgan fingerprint density at radius 1 is 0.864 bits per heavy atom. The molecule has 0 aliphatic carbocycles. The first-order valence-electron chi connectivity index (χ1n) is 9.18. The molecule has 0 amide bonds. The molecule has 2 rings (SSSR count). The lowest BCUT2D eigenvalue weighted by atomic mass is 9.86. The molecule has 0 atom stereocenters. The predicted molar refractivity (Wildman–Crippen MR) is 97.8 cm³/mol. The molecule has 0 heteroatoms. The molecule has 0 aliphatic heterocycles. The zero-order valence-electron chi connectivity index (χ0n) is 16.9. The molecule has 0 radical (unpaired) electrons. The van der Waals surface area contributed by atoms with Gasteiger partial charge >= 0.3 is 0 Å². The molecule has 0 saturated heterocycles. The van der Waals surface area contributed by atoms with Crippen molar-refractivity contribution in [3.8, 4) is 0 Å². The van der Waals surface area contributed by atoms with Gasteiger partial charge in [-0.25, -0.2) is 0 Å². The number of aryl methyl sites for hydroxylation is 5. The van der Waals surface area contributed by atoms with E-state index in [1.165, 1.54) is 16.7 Å². The van der Waals surface area contributed by atoms with Crippen molar-refractivity contribution in [1.29, 1.82) is 0 Å². The molecule has 118 valence electrons. The van der Waals surface area contributed by atoms with Crippen molar-refractivity contribution in [2.75, 3.05) is 0 Å². The third kappa shape index (κ3) is 4.22. The average molecular weight is 296 g/mol. The van der Waals surface area contributed by atoms with E-state index in [-0.39, 0.29) is 5.41 Å². The van der Waals surface area contributed by atoms with E-state index < -0.39 is 6.37 Å². The Balaban J connectivity index is 2.14. The van der Waals surface area contributed by atoms with Gasteiger partial charge in [0.2, 0.25) is 0 Å². The first-order valence-corrected chi connectivity index (χ1v) is 8.18. The van der Waals surface area contributed by atoms with Crippen LogP contribution in [0, 0.1) is 20.8 Å². The molecule has 0 spiro atoms. The van der Waals surface area contributed by atoms with Gasteiger partial charge in [0.1, 0.15) is 0 Å². The fourth-order valence-corrected chi connectivity index (χ4v) is 2.66. The highest BCUT2D eigenvalue weighted by Crippen LogP contribution is 2.23. The first-order chi connectivity index (χ1) is 11.0. The third-order valence-electron chi connectivity index (χ3n) is 4.39. The first kappa shape index (κ1) is 14.1. The third-order valence-corrected chi connectivity index (χ3v) is 4.39. The summed E-state index contributed by atoms with van der Waals surface area (Å²) in [5.41, 5.74) is 6.94. The highest BCUT2D eigenvalue weighted by molar-refractivity contribution is 5.36. The summed E-state index contributed by atoms with van der Waals surface area (Å²) in [5.74, 6) is 0. The van der Waals surface area contributed by atoms with E-state index in [1.807, 2.05) is 13.0 Å². The lowest BCUT2D eigenvalue weighted by Gasteiger charge is -2.19. The van der Waals surface area contributed by atoms with Crippen molar-refractivity contribution in [2.24, 2.45) is 0 Å². The second-order valence-corrected chi connectivity index (χ2v) is 7.38. The lowest BCUT2D eigenvalue weighted by Crippen LogP contribution is -2.10. The Labute approximate surface area is 139 Å². The van der Waals surface area contributed by atoms with E-state index in [9.17, 15) is 0 Å². The molecule has 0 bridgehead atoms. The summed E-state index contributed by atoms with van der Waals surface area (Å²) in [6.45, 7) is 12.8. The summed E-state index contributed by atoms with van der Waals surface area (Å²) in [7, 11) is 0. The lowest BCUT2D eigenvalue weighted by molar-refractivity contribution is 0.590. The second kappa shape index (κ2) is 6.69. The van der Waals surface area contributed by atoms with Gasteiger partial charge in [-0.3, -0.25) is 0 Å². The summed E-state index contributed by atoms with van der Waals surface area (Å²) < 4.78 is 17.1. The van der Waals surface area contributed by atoms with Gasteiger partial charge in [0, 0.05) is 2.74 Å². The van der Waals surface area contributed by atoms with Gasteiger partial charge in [-0.1, -0.05) is 57.2 Å². The molecule has 0 heterocycles. The molecule has 0 fully saturated rings. The number of benzene rings is 2. The van der Waals surface area contributed by atoms with Crippen molar-refractivity contribution in [2.45, 2.75) is 66.2 Å². The Morgan fingerprint density at radius 3 is 2.05 bits per heavy atom. The maximum atomic E-state index is 8.53. The number of hydrogen-bond acceptors (Lipinski definition) is 0. The molecule has 0 unspecified atom stereocenters. The Hall–Kier alpha value is -1.56. The smallest absolute Gasteiger partial charge is 0.0316 e. The predicted octanol–water partition coefficient (Wildman–Crippen LogP) is 6.08. The van der Waals surface area contributed by atoms with Crippen LogP contribution in [-0.2, 0) is 18.2 Å². The minimum Gasteiger partial charge on any atom is -0.0588 e. The van der Waals surface area contributed by atoms with Gasteiger partial charge in [-0.2, -0.15) is 0 Å². The Bertz CT molecular complexity index is 704. The molecule has 22 heavy (non-hydrogen) atoms. The van der Waals surface area contributed by atoms with Crippen LogP contribution < -0.4 is 0 Å². The van der Waals surface area contributed by atoms with Crippen LogP contribution >= 0.6 is 0 Å². The molecule has 0 saturated carbocycles. The quantitative estimate of drug-likeness (QED) is 0.641. The summed E-state index contributed by atoms with van der Waals surface area (Å²) in [6, 6.07) is 12.8. The van der Waals surface area contributed by atoms with Crippen LogP contribution in [0.1, 0.15) is 63.3 Å². The van der Waals surface area contributed by atoms with Crippen LogP contribution in [0.4, 0.5) is 0 Å². The average Bonchev–Trinajstić information content (AvgIpc) is 2.48. The van der Waals surface area contributed by atoms with Crippen LogP contribution in [0.3, 0.4) is 0 Å². The van der Waals surface area contributed by atoms with Crippen LogP contribution in [0.5, 0.6) is 0 Å². The maximum Gasteiger partial charge on any atom is 0.0316 e. The fraction of sp³-hybridized carbons (Fsp3) is 0.455. The molecular weight excluding hydrogens is 264 g/mol. The number of hydrogen-bond donors (Lipinski definition) is 0. The van der Waals surface area contributed by atoms with Gasteiger partial charge in [-0.05, 0) is 78.8 Å². The topological polar surface area (TPSA) is 0 Å². The van der Waals surface area contributed by atoms with Crippen LogP contribution in [0.15, 0.2) is 36.4 Å². The van der Waals surface area contributed by atoms with Gasteiger partial charge in [0.15, 0.2) is 0 Å². The fourth-order valence-electron chi connectivity index (χ4n) is 2.66. The van der Waals surface area contributed by atoms with Crippen molar-refractivity contribution in [3.63, 3.8) is 0 Å². The zero-order valence-corrected chi connectivity index (χ0v) is 14.9. The monoisotopic (exact) mass is 296 g/mol. The summed E-state index contributed by atoms with van der Waals surface area (Å²) in [4.78, 5) is 0. The van der Waals surface area contributed by atoms with E-state index in [0.29, 0.717) is 6.42 Å². The molecule has 0 nitrogen and oxygen atoms in total. The zero-order chi connectivity index (χ0) is 18.1. The molecule has 0 N–H and O–H groups in total. The van der Waals surface area contributed by atoms with Gasteiger partial charge < -0.3 is 0 Å². The van der Waals surface area contributed by atoms with Crippen LogP contribution in [0.2, 0.25) is 0 Å². The Morgan fingerprint density at radius 2 is 1.45 bits per heavy atom. The standard InChI is InChI=1S/C22H30/c1-16-14-18(3)20(15-17(16)2)9-7-8-19-10-12-21(13-11-19)22(4,5)6/h10-15H,7-9H2,1-6H3/i9D2. The highest BCUT2D eigenvalue weighted by Gasteiger charge is 2.12. The van der Waals surface area contributed by atoms with E-state index in [0.717, 1.165) is 23.1 Å². The van der Waals surface area contributed by atoms with E-state index in [4.69, 9.17) is 2.74 Å². The summed E-state index contributed by atoms with van der Waals surface area (Å²) in [6.07, 6.45) is -0.0414. The van der Waals surface area contributed by atoms with Gasteiger partial charge in [-0.15, -0.1) is 0 Å². The number of rotatable bonds is 4.